The van der Waals surface area contributed by atoms with Crippen LogP contribution in [-0.2, 0) is 4.79 Å². The van der Waals surface area contributed by atoms with Crippen molar-refractivity contribution in [3.05, 3.63) is 58.3 Å². The van der Waals surface area contributed by atoms with Crippen molar-refractivity contribution in [1.82, 2.24) is 10.6 Å². The number of amides is 2. The number of nitrogens with one attached hydrogen (secondary N) is 2. The minimum Gasteiger partial charge on any atom is -0.349 e. The quantitative estimate of drug-likeness (QED) is 0.763. The Morgan fingerprint density at radius 1 is 1.08 bits per heavy atom. The lowest BCUT2D eigenvalue weighted by Crippen LogP contribution is -2.39. The molecule has 2 atom stereocenters. The van der Waals surface area contributed by atoms with E-state index in [-0.39, 0.29) is 30.3 Å². The number of benzene rings is 1. The van der Waals surface area contributed by atoms with Gasteiger partial charge in [0.2, 0.25) is 5.91 Å². The topological polar surface area (TPSA) is 58.2 Å². The average molecular weight is 371 g/mol. The first-order valence-corrected chi connectivity index (χ1v) is 10.2. The Labute approximate surface area is 159 Å². The number of carbonyl (C=O) groups excluding carboxylic acids is 2. The minimum absolute atomic E-state index is 0.00355. The molecule has 1 saturated carbocycles. The first-order chi connectivity index (χ1) is 12.6. The van der Waals surface area contributed by atoms with E-state index >= 15 is 0 Å². The van der Waals surface area contributed by atoms with Crippen LogP contribution in [0, 0.1) is 5.92 Å². The van der Waals surface area contributed by atoms with E-state index in [9.17, 15) is 9.59 Å². The monoisotopic (exact) mass is 370 g/mol. The van der Waals surface area contributed by atoms with Crippen molar-refractivity contribution in [3.8, 4) is 0 Å². The summed E-state index contributed by atoms with van der Waals surface area (Å²) in [6.07, 6.45) is 5.11. The second-order valence-corrected chi connectivity index (χ2v) is 8.03. The number of thiophene rings is 1. The maximum Gasteiger partial charge on any atom is 0.251 e. The van der Waals surface area contributed by atoms with Crippen LogP contribution in [0.15, 0.2) is 47.8 Å². The van der Waals surface area contributed by atoms with Crippen LogP contribution in [-0.4, -0.2) is 17.9 Å². The molecule has 2 amide bonds. The number of hydrogen-bond donors (Lipinski definition) is 2. The van der Waals surface area contributed by atoms with E-state index in [2.05, 4.69) is 22.1 Å². The third kappa shape index (κ3) is 4.94. The second kappa shape index (κ2) is 8.99. The minimum atomic E-state index is -0.213. The highest BCUT2D eigenvalue weighted by Gasteiger charge is 2.28. The summed E-state index contributed by atoms with van der Waals surface area (Å²) < 4.78 is 0. The average Bonchev–Trinajstić information content (AvgIpc) is 3.34. The van der Waals surface area contributed by atoms with Gasteiger partial charge in [0.25, 0.3) is 5.91 Å². The van der Waals surface area contributed by atoms with Crippen LogP contribution < -0.4 is 10.6 Å². The summed E-state index contributed by atoms with van der Waals surface area (Å²) >= 11 is 1.70. The van der Waals surface area contributed by atoms with Crippen molar-refractivity contribution in [2.45, 2.75) is 51.1 Å². The van der Waals surface area contributed by atoms with Gasteiger partial charge in [0, 0.05) is 22.9 Å². The highest BCUT2D eigenvalue weighted by molar-refractivity contribution is 7.10. The van der Waals surface area contributed by atoms with Crippen LogP contribution in [0.5, 0.6) is 0 Å². The first-order valence-electron chi connectivity index (χ1n) is 9.32. The summed E-state index contributed by atoms with van der Waals surface area (Å²) in [4.78, 5) is 26.0. The van der Waals surface area contributed by atoms with Gasteiger partial charge in [-0.1, -0.05) is 37.1 Å². The zero-order chi connectivity index (χ0) is 18.4. The molecule has 1 aliphatic carbocycles. The maximum atomic E-state index is 12.6. The molecule has 0 aliphatic heterocycles. The molecule has 5 heteroatoms. The Hall–Kier alpha value is -2.14. The fraction of sp³-hybridized carbons (Fsp3) is 0.429. The number of carbonyl (C=O) groups is 2. The molecule has 1 aliphatic rings. The van der Waals surface area contributed by atoms with Crippen molar-refractivity contribution in [2.24, 2.45) is 5.92 Å². The van der Waals surface area contributed by atoms with E-state index in [0.29, 0.717) is 11.5 Å². The summed E-state index contributed by atoms with van der Waals surface area (Å²) in [6.45, 7) is 1.87. The standard InChI is InChI=1S/C21H26N2O2S/c1-15(22-21(25)17-10-3-2-4-11-17)14-19(24)23-20(16-8-5-6-9-16)18-12-7-13-26-18/h2-4,7,10-13,15-16,20H,5-6,8-9,14H2,1H3,(H,22,25)(H,23,24). The third-order valence-electron chi connectivity index (χ3n) is 4.94. The Morgan fingerprint density at radius 2 is 1.81 bits per heavy atom. The van der Waals surface area contributed by atoms with Gasteiger partial charge in [0.05, 0.1) is 6.04 Å². The van der Waals surface area contributed by atoms with Gasteiger partial charge in [0.1, 0.15) is 0 Å². The Morgan fingerprint density at radius 3 is 2.46 bits per heavy atom. The molecule has 2 N–H and O–H groups in total. The van der Waals surface area contributed by atoms with Crippen molar-refractivity contribution < 1.29 is 9.59 Å². The molecule has 2 unspecified atom stereocenters. The van der Waals surface area contributed by atoms with Gasteiger partial charge in [-0.2, -0.15) is 0 Å². The lowest BCUT2D eigenvalue weighted by atomic mass is 9.96. The molecule has 3 rings (SSSR count). The zero-order valence-corrected chi connectivity index (χ0v) is 15.9. The molecule has 1 aromatic carbocycles. The number of hydrogen-bond acceptors (Lipinski definition) is 3. The highest BCUT2D eigenvalue weighted by atomic mass is 32.1. The predicted molar refractivity (Wildman–Crippen MR) is 105 cm³/mol. The van der Waals surface area contributed by atoms with Gasteiger partial charge in [-0.3, -0.25) is 9.59 Å². The molecule has 0 bridgehead atoms. The van der Waals surface area contributed by atoms with Gasteiger partial charge in [-0.25, -0.2) is 0 Å². The van der Waals surface area contributed by atoms with E-state index in [1.165, 1.54) is 30.6 Å². The summed E-state index contributed by atoms with van der Waals surface area (Å²) in [5.74, 6) is 0.375. The molecule has 138 valence electrons. The summed E-state index contributed by atoms with van der Waals surface area (Å²) in [5, 5.41) is 8.19. The Balaban J connectivity index is 1.55. The SMILES string of the molecule is CC(CC(=O)NC(c1cccs1)C1CCCC1)NC(=O)c1ccccc1. The fourth-order valence-electron chi connectivity index (χ4n) is 3.64. The molecule has 2 aromatic rings. The molecule has 0 radical (unpaired) electrons. The van der Waals surface area contributed by atoms with Gasteiger partial charge in [-0.15, -0.1) is 11.3 Å². The Bertz CT molecular complexity index is 709. The molecule has 26 heavy (non-hydrogen) atoms. The lowest BCUT2D eigenvalue weighted by molar-refractivity contribution is -0.122. The molecular weight excluding hydrogens is 344 g/mol. The molecular formula is C21H26N2O2S. The van der Waals surface area contributed by atoms with Crippen LogP contribution in [0.4, 0.5) is 0 Å². The molecule has 0 spiro atoms. The maximum absolute atomic E-state index is 12.6. The van der Waals surface area contributed by atoms with Crippen LogP contribution >= 0.6 is 11.3 Å². The first kappa shape index (κ1) is 18.6. The van der Waals surface area contributed by atoms with Gasteiger partial charge >= 0.3 is 0 Å². The van der Waals surface area contributed by atoms with Crippen LogP contribution in [0.25, 0.3) is 0 Å². The van der Waals surface area contributed by atoms with Crippen molar-refractivity contribution in [2.75, 3.05) is 0 Å². The van der Waals surface area contributed by atoms with Crippen LogP contribution in [0.3, 0.4) is 0 Å². The molecule has 0 saturated heterocycles. The molecule has 1 aromatic heterocycles. The fourth-order valence-corrected chi connectivity index (χ4v) is 4.51. The van der Waals surface area contributed by atoms with E-state index in [4.69, 9.17) is 0 Å². The smallest absolute Gasteiger partial charge is 0.251 e. The molecule has 1 fully saturated rings. The van der Waals surface area contributed by atoms with Gasteiger partial charge < -0.3 is 10.6 Å². The Kier molecular flexibility index (Phi) is 6.45. The summed E-state index contributed by atoms with van der Waals surface area (Å²) in [6, 6.07) is 13.1. The zero-order valence-electron chi connectivity index (χ0n) is 15.1. The normalized spacial score (nSPS) is 16.8. The van der Waals surface area contributed by atoms with Crippen LogP contribution in [0.2, 0.25) is 0 Å². The van der Waals surface area contributed by atoms with Crippen LogP contribution in [0.1, 0.15) is 60.3 Å². The van der Waals surface area contributed by atoms with Crippen molar-refractivity contribution in [1.29, 1.82) is 0 Å². The second-order valence-electron chi connectivity index (χ2n) is 7.05. The predicted octanol–water partition coefficient (Wildman–Crippen LogP) is 4.30. The van der Waals surface area contributed by atoms with Gasteiger partial charge in [0.15, 0.2) is 0 Å². The summed E-state index contributed by atoms with van der Waals surface area (Å²) in [5.41, 5.74) is 0.613. The summed E-state index contributed by atoms with van der Waals surface area (Å²) in [7, 11) is 0. The van der Waals surface area contributed by atoms with E-state index in [1.54, 1.807) is 23.5 Å². The molecule has 1 heterocycles. The van der Waals surface area contributed by atoms with Crippen molar-refractivity contribution in [3.63, 3.8) is 0 Å². The van der Waals surface area contributed by atoms with E-state index < -0.39 is 0 Å². The van der Waals surface area contributed by atoms with E-state index in [1.807, 2.05) is 31.2 Å². The third-order valence-corrected chi connectivity index (χ3v) is 5.90. The highest BCUT2D eigenvalue weighted by Crippen LogP contribution is 2.37. The van der Waals surface area contributed by atoms with E-state index in [0.717, 1.165) is 0 Å². The van der Waals surface area contributed by atoms with Crippen molar-refractivity contribution >= 4 is 23.2 Å². The molecule has 4 nitrogen and oxygen atoms in total. The van der Waals surface area contributed by atoms with Gasteiger partial charge in [-0.05, 0) is 49.3 Å². The lowest BCUT2D eigenvalue weighted by Gasteiger charge is -2.24. The largest absolute Gasteiger partial charge is 0.349 e. The number of rotatable bonds is 7.